The van der Waals surface area contributed by atoms with Gasteiger partial charge in [0.15, 0.2) is 15.0 Å². The molecule has 2 heterocycles. The molecule has 1 aromatic heterocycles. The van der Waals surface area contributed by atoms with Crippen LogP contribution < -0.4 is 9.64 Å². The number of hydrogen-bond acceptors (Lipinski definition) is 6. The highest BCUT2D eigenvalue weighted by molar-refractivity contribution is 7.92. The SMILES string of the molecule is COc1ccc(Cl)cc1S(=O)(=O)C1CCN(c2nc(-c3ccccc3C)cs2)CC1. The van der Waals surface area contributed by atoms with Crippen molar-refractivity contribution in [3.63, 3.8) is 0 Å². The number of sulfone groups is 1. The zero-order valence-corrected chi connectivity index (χ0v) is 19.2. The zero-order valence-electron chi connectivity index (χ0n) is 16.8. The first-order chi connectivity index (χ1) is 14.4. The average Bonchev–Trinajstić information content (AvgIpc) is 3.24. The van der Waals surface area contributed by atoms with Crippen molar-refractivity contribution in [2.75, 3.05) is 25.1 Å². The maximum Gasteiger partial charge on any atom is 0.185 e. The third kappa shape index (κ3) is 4.06. The largest absolute Gasteiger partial charge is 0.495 e. The Labute approximate surface area is 186 Å². The number of benzene rings is 2. The van der Waals surface area contributed by atoms with Crippen LogP contribution in [0.15, 0.2) is 52.7 Å². The number of hydrogen-bond donors (Lipinski definition) is 0. The fourth-order valence-electron chi connectivity index (χ4n) is 3.80. The van der Waals surface area contributed by atoms with E-state index in [1.54, 1.807) is 23.5 Å². The average molecular weight is 463 g/mol. The van der Waals surface area contributed by atoms with E-state index in [2.05, 4.69) is 29.3 Å². The van der Waals surface area contributed by atoms with E-state index in [9.17, 15) is 8.42 Å². The fraction of sp³-hybridized carbons (Fsp3) is 0.318. The summed E-state index contributed by atoms with van der Waals surface area (Å²) in [5.74, 6) is 0.338. The number of aromatic nitrogens is 1. The van der Waals surface area contributed by atoms with Crippen LogP contribution in [0.4, 0.5) is 5.13 Å². The zero-order chi connectivity index (χ0) is 21.3. The van der Waals surface area contributed by atoms with Gasteiger partial charge in [-0.25, -0.2) is 13.4 Å². The summed E-state index contributed by atoms with van der Waals surface area (Å²) in [6, 6.07) is 12.9. The Bertz CT molecular complexity index is 1150. The van der Waals surface area contributed by atoms with Gasteiger partial charge in [0.05, 0.1) is 18.1 Å². The van der Waals surface area contributed by atoms with Crippen LogP contribution in [0.2, 0.25) is 5.02 Å². The lowest BCUT2D eigenvalue weighted by Gasteiger charge is -2.31. The second-order valence-corrected chi connectivity index (χ2v) is 10.8. The minimum atomic E-state index is -3.53. The van der Waals surface area contributed by atoms with E-state index >= 15 is 0 Å². The first-order valence-corrected chi connectivity index (χ1v) is 12.5. The molecule has 0 aliphatic carbocycles. The van der Waals surface area contributed by atoms with Gasteiger partial charge in [-0.15, -0.1) is 11.3 Å². The molecule has 158 valence electrons. The molecule has 0 radical (unpaired) electrons. The maximum absolute atomic E-state index is 13.2. The van der Waals surface area contributed by atoms with E-state index in [4.69, 9.17) is 21.3 Å². The molecule has 0 unspecified atom stereocenters. The Balaban J connectivity index is 1.50. The molecule has 0 amide bonds. The maximum atomic E-state index is 13.2. The van der Waals surface area contributed by atoms with Crippen molar-refractivity contribution in [3.05, 3.63) is 58.4 Å². The molecule has 1 fully saturated rings. The number of ether oxygens (including phenoxy) is 1. The standard InChI is InChI=1S/C22H23ClN2O3S2/c1-15-5-3-4-6-18(15)19-14-29-22(24-19)25-11-9-17(10-12-25)30(26,27)21-13-16(23)7-8-20(21)28-2/h3-8,13-14,17H,9-12H2,1-2H3. The van der Waals surface area contributed by atoms with Crippen LogP contribution in [-0.4, -0.2) is 38.9 Å². The van der Waals surface area contributed by atoms with Crippen molar-refractivity contribution in [1.82, 2.24) is 4.98 Å². The summed E-state index contributed by atoms with van der Waals surface area (Å²) in [4.78, 5) is 7.15. The summed E-state index contributed by atoms with van der Waals surface area (Å²) < 4.78 is 31.7. The van der Waals surface area contributed by atoms with E-state index in [1.807, 2.05) is 12.1 Å². The molecular formula is C22H23ClN2O3S2. The van der Waals surface area contributed by atoms with E-state index in [1.165, 1.54) is 18.7 Å². The topological polar surface area (TPSA) is 59.5 Å². The Kier molecular flexibility index (Phi) is 6.04. The normalized spacial score (nSPS) is 15.4. The molecule has 8 heteroatoms. The molecule has 0 bridgehead atoms. The van der Waals surface area contributed by atoms with Gasteiger partial charge in [-0.05, 0) is 43.5 Å². The van der Waals surface area contributed by atoms with Crippen molar-refractivity contribution in [1.29, 1.82) is 0 Å². The highest BCUT2D eigenvalue weighted by Gasteiger charge is 2.34. The number of nitrogens with zero attached hydrogens (tertiary/aromatic N) is 2. The van der Waals surface area contributed by atoms with E-state index < -0.39 is 15.1 Å². The smallest absolute Gasteiger partial charge is 0.185 e. The third-order valence-corrected chi connectivity index (χ3v) is 8.91. The minimum absolute atomic E-state index is 0.173. The Morgan fingerprint density at radius 2 is 1.90 bits per heavy atom. The van der Waals surface area contributed by atoms with Gasteiger partial charge in [-0.3, -0.25) is 0 Å². The van der Waals surface area contributed by atoms with E-state index in [0.29, 0.717) is 36.7 Å². The Hall–Kier alpha value is -2.09. The van der Waals surface area contributed by atoms with E-state index in [0.717, 1.165) is 16.4 Å². The molecule has 0 atom stereocenters. The van der Waals surface area contributed by atoms with Crippen molar-refractivity contribution in [2.24, 2.45) is 0 Å². The lowest BCUT2D eigenvalue weighted by Crippen LogP contribution is -2.39. The van der Waals surface area contributed by atoms with Gasteiger partial charge in [-0.2, -0.15) is 0 Å². The second-order valence-electron chi connectivity index (χ2n) is 7.36. The highest BCUT2D eigenvalue weighted by Crippen LogP contribution is 2.35. The van der Waals surface area contributed by atoms with E-state index in [-0.39, 0.29) is 4.90 Å². The fourth-order valence-corrected chi connectivity index (χ4v) is 6.83. The van der Waals surface area contributed by atoms with Crippen LogP contribution in [0, 0.1) is 6.92 Å². The predicted molar refractivity (Wildman–Crippen MR) is 123 cm³/mol. The lowest BCUT2D eigenvalue weighted by atomic mass is 10.1. The summed E-state index contributed by atoms with van der Waals surface area (Å²) >= 11 is 7.65. The number of anilines is 1. The number of methoxy groups -OCH3 is 1. The molecule has 4 rings (SSSR count). The predicted octanol–water partition coefficient (Wildman–Crippen LogP) is 5.22. The number of aryl methyl sites for hydroxylation is 1. The number of thiazole rings is 1. The monoisotopic (exact) mass is 462 g/mol. The third-order valence-electron chi connectivity index (χ3n) is 5.50. The summed E-state index contributed by atoms with van der Waals surface area (Å²) in [6.45, 7) is 3.37. The molecule has 0 spiro atoms. The van der Waals surface area contributed by atoms with Crippen molar-refractivity contribution < 1.29 is 13.2 Å². The van der Waals surface area contributed by atoms with Crippen LogP contribution in [0.5, 0.6) is 5.75 Å². The molecule has 1 aliphatic heterocycles. The van der Waals surface area contributed by atoms with Crippen LogP contribution in [0.25, 0.3) is 11.3 Å². The quantitative estimate of drug-likeness (QED) is 0.520. The van der Waals surface area contributed by atoms with Gasteiger partial charge in [0.25, 0.3) is 0 Å². The number of halogens is 1. The molecule has 1 saturated heterocycles. The molecule has 3 aromatic rings. The summed E-state index contributed by atoms with van der Waals surface area (Å²) in [7, 11) is -2.06. The van der Waals surface area contributed by atoms with Gasteiger partial charge >= 0.3 is 0 Å². The van der Waals surface area contributed by atoms with Gasteiger partial charge in [0, 0.05) is 29.1 Å². The summed E-state index contributed by atoms with van der Waals surface area (Å²) in [6.07, 6.45) is 1.08. The minimum Gasteiger partial charge on any atom is -0.495 e. The molecule has 1 aliphatic rings. The molecule has 0 saturated carbocycles. The van der Waals surface area contributed by atoms with Crippen LogP contribution in [0.1, 0.15) is 18.4 Å². The van der Waals surface area contributed by atoms with Crippen molar-refractivity contribution in [3.8, 4) is 17.0 Å². The van der Waals surface area contributed by atoms with Crippen molar-refractivity contribution in [2.45, 2.75) is 29.9 Å². The van der Waals surface area contributed by atoms with Crippen LogP contribution >= 0.6 is 22.9 Å². The summed E-state index contributed by atoms with van der Waals surface area (Å²) in [5.41, 5.74) is 3.28. The molecule has 30 heavy (non-hydrogen) atoms. The molecular weight excluding hydrogens is 440 g/mol. The Morgan fingerprint density at radius 1 is 1.17 bits per heavy atom. The van der Waals surface area contributed by atoms with Gasteiger partial charge in [0.2, 0.25) is 0 Å². The van der Waals surface area contributed by atoms with Gasteiger partial charge in [0.1, 0.15) is 10.6 Å². The second kappa shape index (κ2) is 8.57. The van der Waals surface area contributed by atoms with Gasteiger partial charge < -0.3 is 9.64 Å². The Morgan fingerprint density at radius 3 is 2.60 bits per heavy atom. The van der Waals surface area contributed by atoms with Crippen molar-refractivity contribution >= 4 is 37.9 Å². The number of piperidine rings is 1. The van der Waals surface area contributed by atoms with Gasteiger partial charge in [-0.1, -0.05) is 35.9 Å². The molecule has 0 N–H and O–H groups in total. The summed E-state index contributed by atoms with van der Waals surface area (Å²) in [5, 5.41) is 2.93. The van der Waals surface area contributed by atoms with Crippen LogP contribution in [0.3, 0.4) is 0 Å². The highest BCUT2D eigenvalue weighted by atomic mass is 35.5. The molecule has 5 nitrogen and oxygen atoms in total. The van der Waals surface area contributed by atoms with Crippen LogP contribution in [-0.2, 0) is 9.84 Å². The first-order valence-electron chi connectivity index (χ1n) is 9.74. The molecule has 2 aromatic carbocycles. The lowest BCUT2D eigenvalue weighted by molar-refractivity contribution is 0.402. The number of rotatable bonds is 5. The first kappa shape index (κ1) is 21.2.